The fourth-order valence-corrected chi connectivity index (χ4v) is 4.42. The van der Waals surface area contributed by atoms with Crippen molar-refractivity contribution < 1.29 is 9.21 Å². The molecule has 5 nitrogen and oxygen atoms in total. The summed E-state index contributed by atoms with van der Waals surface area (Å²) in [6, 6.07) is 18.9. The van der Waals surface area contributed by atoms with Crippen molar-refractivity contribution in [3.63, 3.8) is 0 Å². The summed E-state index contributed by atoms with van der Waals surface area (Å²) in [5.74, 6) is 1.29. The zero-order valence-electron chi connectivity index (χ0n) is 14.5. The van der Waals surface area contributed by atoms with Gasteiger partial charge in [-0.25, -0.2) is 10.4 Å². The lowest BCUT2D eigenvalue weighted by Gasteiger charge is -1.97. The molecule has 8 heteroatoms. The molecule has 0 saturated carbocycles. The van der Waals surface area contributed by atoms with E-state index in [0.29, 0.717) is 16.5 Å². The zero-order chi connectivity index (χ0) is 19.3. The van der Waals surface area contributed by atoms with Crippen LogP contribution in [0.1, 0.15) is 5.76 Å². The lowest BCUT2D eigenvalue weighted by atomic mass is 10.2. The number of amides is 1. The van der Waals surface area contributed by atoms with Gasteiger partial charge >= 0.3 is 0 Å². The number of hydrazone groups is 1. The van der Waals surface area contributed by atoms with Crippen molar-refractivity contribution in [2.45, 2.75) is 4.34 Å². The van der Waals surface area contributed by atoms with Crippen LogP contribution in [0.5, 0.6) is 0 Å². The van der Waals surface area contributed by atoms with Gasteiger partial charge < -0.3 is 4.42 Å². The number of rotatable bonds is 6. The molecular weight excluding hydrogens is 414 g/mol. The van der Waals surface area contributed by atoms with E-state index in [2.05, 4.69) is 15.5 Å². The fraction of sp³-hybridized carbons (Fsp3) is 0.0500. The van der Waals surface area contributed by atoms with Gasteiger partial charge in [-0.2, -0.15) is 5.10 Å². The summed E-state index contributed by atoms with van der Waals surface area (Å²) in [7, 11) is 0. The summed E-state index contributed by atoms with van der Waals surface area (Å²) < 4.78 is 7.67. The molecular formula is C20H14ClN3O2S2. The van der Waals surface area contributed by atoms with Crippen LogP contribution in [-0.2, 0) is 4.79 Å². The number of thioether (sulfide) groups is 1. The number of nitrogens with zero attached hydrogens (tertiary/aromatic N) is 2. The third kappa shape index (κ3) is 4.62. The molecule has 0 saturated heterocycles. The van der Waals surface area contributed by atoms with Crippen LogP contribution in [0.4, 0.5) is 0 Å². The smallest absolute Gasteiger partial charge is 0.250 e. The van der Waals surface area contributed by atoms with Crippen LogP contribution in [0.3, 0.4) is 0 Å². The Bertz CT molecular complexity index is 1100. The summed E-state index contributed by atoms with van der Waals surface area (Å²) in [4.78, 5) is 16.5. The van der Waals surface area contributed by atoms with Crippen LogP contribution >= 0.6 is 34.7 Å². The van der Waals surface area contributed by atoms with Crippen LogP contribution in [0.15, 0.2) is 74.5 Å². The summed E-state index contributed by atoms with van der Waals surface area (Å²) >= 11 is 8.85. The average molecular weight is 428 g/mol. The van der Waals surface area contributed by atoms with Crippen LogP contribution in [0.2, 0.25) is 5.02 Å². The van der Waals surface area contributed by atoms with Crippen molar-refractivity contribution in [3.8, 4) is 11.3 Å². The average Bonchev–Trinajstić information content (AvgIpc) is 3.33. The number of fused-ring (bicyclic) bond motifs is 1. The molecule has 0 aliphatic heterocycles. The van der Waals surface area contributed by atoms with E-state index in [-0.39, 0.29) is 11.7 Å². The molecule has 1 amide bonds. The molecule has 2 heterocycles. The molecule has 2 aromatic carbocycles. The maximum absolute atomic E-state index is 12.0. The highest BCUT2D eigenvalue weighted by Crippen LogP contribution is 2.29. The molecule has 0 fully saturated rings. The second-order valence-electron chi connectivity index (χ2n) is 5.74. The minimum absolute atomic E-state index is 0.204. The molecule has 1 N–H and O–H groups in total. The predicted molar refractivity (Wildman–Crippen MR) is 115 cm³/mol. The number of furan rings is 1. The van der Waals surface area contributed by atoms with Crippen molar-refractivity contribution in [1.29, 1.82) is 0 Å². The Hall–Kier alpha value is -2.61. The first-order valence-electron chi connectivity index (χ1n) is 8.33. The Morgan fingerprint density at radius 3 is 2.82 bits per heavy atom. The van der Waals surface area contributed by atoms with E-state index < -0.39 is 0 Å². The number of thiazole rings is 1. The van der Waals surface area contributed by atoms with Crippen molar-refractivity contribution in [1.82, 2.24) is 10.4 Å². The Morgan fingerprint density at radius 2 is 2.00 bits per heavy atom. The van der Waals surface area contributed by atoms with E-state index in [1.807, 2.05) is 42.5 Å². The van der Waals surface area contributed by atoms with E-state index in [0.717, 1.165) is 20.1 Å². The van der Waals surface area contributed by atoms with Gasteiger partial charge in [-0.15, -0.1) is 11.3 Å². The molecule has 140 valence electrons. The normalized spacial score (nSPS) is 11.3. The first-order valence-corrected chi connectivity index (χ1v) is 10.5. The van der Waals surface area contributed by atoms with Gasteiger partial charge in [-0.3, -0.25) is 4.79 Å². The van der Waals surface area contributed by atoms with Gasteiger partial charge in [0.15, 0.2) is 4.34 Å². The quantitative estimate of drug-likeness (QED) is 0.252. The van der Waals surface area contributed by atoms with Gasteiger partial charge in [0, 0.05) is 10.6 Å². The summed E-state index contributed by atoms with van der Waals surface area (Å²) in [5, 5.41) is 4.62. The lowest BCUT2D eigenvalue weighted by molar-refractivity contribution is -0.118. The Labute approximate surface area is 174 Å². The Kier molecular flexibility index (Phi) is 5.76. The van der Waals surface area contributed by atoms with Crippen molar-refractivity contribution in [2.24, 2.45) is 5.10 Å². The monoisotopic (exact) mass is 427 g/mol. The maximum atomic E-state index is 12.0. The number of hydrogen-bond acceptors (Lipinski definition) is 6. The Balaban J connectivity index is 1.29. The van der Waals surface area contributed by atoms with E-state index in [1.165, 1.54) is 18.0 Å². The number of nitrogens with one attached hydrogen (secondary N) is 1. The van der Waals surface area contributed by atoms with Crippen LogP contribution < -0.4 is 5.43 Å². The van der Waals surface area contributed by atoms with E-state index in [1.54, 1.807) is 29.5 Å². The molecule has 28 heavy (non-hydrogen) atoms. The molecule has 0 bridgehead atoms. The number of hydrogen-bond donors (Lipinski definition) is 1. The van der Waals surface area contributed by atoms with Crippen molar-refractivity contribution in [2.75, 3.05) is 5.75 Å². The zero-order valence-corrected chi connectivity index (χ0v) is 16.9. The third-order valence-electron chi connectivity index (χ3n) is 3.74. The molecule has 0 aliphatic carbocycles. The van der Waals surface area contributed by atoms with Crippen LogP contribution in [0, 0.1) is 0 Å². The summed E-state index contributed by atoms with van der Waals surface area (Å²) in [6.07, 6.45) is 1.47. The molecule has 0 aliphatic rings. The number of aromatic nitrogens is 1. The minimum atomic E-state index is -0.204. The second-order valence-corrected chi connectivity index (χ2v) is 8.43. The lowest BCUT2D eigenvalue weighted by Crippen LogP contribution is -2.19. The maximum Gasteiger partial charge on any atom is 0.250 e. The Morgan fingerprint density at radius 1 is 1.18 bits per heavy atom. The molecule has 4 rings (SSSR count). The molecule has 0 unspecified atom stereocenters. The number of benzene rings is 2. The van der Waals surface area contributed by atoms with Crippen molar-refractivity contribution in [3.05, 3.63) is 71.4 Å². The van der Waals surface area contributed by atoms with Gasteiger partial charge in [0.1, 0.15) is 11.5 Å². The first-order chi connectivity index (χ1) is 13.7. The summed E-state index contributed by atoms with van der Waals surface area (Å²) in [6.45, 7) is 0. The van der Waals surface area contributed by atoms with Crippen LogP contribution in [0.25, 0.3) is 21.5 Å². The fourth-order valence-electron chi connectivity index (χ4n) is 2.43. The topological polar surface area (TPSA) is 67.5 Å². The molecule has 2 aromatic heterocycles. The number of para-hydroxylation sites is 1. The van der Waals surface area contributed by atoms with Crippen molar-refractivity contribution >= 4 is 57.0 Å². The molecule has 4 aromatic rings. The van der Waals surface area contributed by atoms with Gasteiger partial charge in [-0.05, 0) is 48.5 Å². The van der Waals surface area contributed by atoms with E-state index >= 15 is 0 Å². The predicted octanol–water partition coefficient (Wildman–Crippen LogP) is 5.45. The van der Waals surface area contributed by atoms with E-state index in [4.69, 9.17) is 16.0 Å². The second kappa shape index (κ2) is 8.60. The van der Waals surface area contributed by atoms with Gasteiger partial charge in [0.25, 0.3) is 5.91 Å². The summed E-state index contributed by atoms with van der Waals surface area (Å²) in [5.41, 5.74) is 4.36. The van der Waals surface area contributed by atoms with Gasteiger partial charge in [0.05, 0.1) is 22.2 Å². The molecule has 0 radical (unpaired) electrons. The van der Waals surface area contributed by atoms with Gasteiger partial charge in [-0.1, -0.05) is 35.5 Å². The van der Waals surface area contributed by atoms with Crippen LogP contribution in [-0.4, -0.2) is 22.9 Å². The number of carbonyl (C=O) groups excluding carboxylic acids is 1. The molecule has 0 atom stereocenters. The van der Waals surface area contributed by atoms with Gasteiger partial charge in [0.2, 0.25) is 0 Å². The first kappa shape index (κ1) is 18.7. The highest BCUT2D eigenvalue weighted by atomic mass is 35.5. The standard InChI is InChI=1S/C20H14ClN3O2S2/c21-14-7-5-13(6-8-14)17-10-9-15(26-17)11-22-24-19(25)12-27-20-23-16-3-1-2-4-18(16)28-20/h1-11H,12H2,(H,24,25)/b22-11-. The third-order valence-corrected chi connectivity index (χ3v) is 6.17. The van der Waals surface area contributed by atoms with E-state index in [9.17, 15) is 4.79 Å². The highest BCUT2D eigenvalue weighted by molar-refractivity contribution is 8.01. The number of halogens is 1. The number of carbonyl (C=O) groups is 1. The SMILES string of the molecule is O=C(CSc1nc2ccccc2s1)N/N=C\c1ccc(-c2ccc(Cl)cc2)o1. The highest BCUT2D eigenvalue weighted by Gasteiger charge is 2.07. The molecule has 0 spiro atoms. The largest absolute Gasteiger partial charge is 0.455 e. The minimum Gasteiger partial charge on any atom is -0.455 e.